The van der Waals surface area contributed by atoms with Crippen LogP contribution < -0.4 is 10.6 Å². The van der Waals surface area contributed by atoms with Crippen molar-refractivity contribution in [2.24, 2.45) is 0 Å². The van der Waals surface area contributed by atoms with Gasteiger partial charge in [0, 0.05) is 29.9 Å². The van der Waals surface area contributed by atoms with E-state index in [1.807, 2.05) is 6.07 Å². The van der Waals surface area contributed by atoms with Gasteiger partial charge in [-0.25, -0.2) is 9.97 Å². The number of thiophene rings is 1. The zero-order valence-corrected chi connectivity index (χ0v) is 12.6. The van der Waals surface area contributed by atoms with E-state index >= 15 is 0 Å². The number of nitrogens with two attached hydrogens (primary N) is 1. The maximum absolute atomic E-state index is 5.60. The second-order valence-corrected chi connectivity index (χ2v) is 6.30. The van der Waals surface area contributed by atoms with Gasteiger partial charge in [-0.3, -0.25) is 0 Å². The first kappa shape index (κ1) is 13.7. The van der Waals surface area contributed by atoms with E-state index in [-0.39, 0.29) is 0 Å². The molecule has 0 bridgehead atoms. The van der Waals surface area contributed by atoms with Crippen molar-refractivity contribution in [2.45, 2.75) is 10.6 Å². The van der Waals surface area contributed by atoms with Crippen LogP contribution in [0, 0.1) is 0 Å². The fourth-order valence-electron chi connectivity index (χ4n) is 2.04. The van der Waals surface area contributed by atoms with Crippen LogP contribution in [-0.4, -0.2) is 36.3 Å². The lowest BCUT2D eigenvalue weighted by Gasteiger charge is -2.28. The minimum Gasteiger partial charge on any atom is -0.378 e. The smallest absolute Gasteiger partial charge is 0.220 e. The van der Waals surface area contributed by atoms with Crippen molar-refractivity contribution < 1.29 is 4.74 Å². The Labute approximate surface area is 126 Å². The van der Waals surface area contributed by atoms with Crippen molar-refractivity contribution in [3.8, 4) is 0 Å². The first-order valence-electron chi connectivity index (χ1n) is 6.43. The van der Waals surface area contributed by atoms with Gasteiger partial charge in [0.2, 0.25) is 5.95 Å². The molecule has 2 aromatic heterocycles. The summed E-state index contributed by atoms with van der Waals surface area (Å²) < 4.78 is 5.41. The summed E-state index contributed by atoms with van der Waals surface area (Å²) >= 11 is 3.58. The highest BCUT2D eigenvalue weighted by Crippen LogP contribution is 2.37. The highest BCUT2D eigenvalue weighted by atomic mass is 32.2. The Kier molecular flexibility index (Phi) is 4.39. The van der Waals surface area contributed by atoms with Gasteiger partial charge in [-0.1, -0.05) is 0 Å². The van der Waals surface area contributed by atoms with Gasteiger partial charge in [0.25, 0.3) is 0 Å². The number of nitrogens with zero attached hydrogens (tertiary/aromatic N) is 3. The largest absolute Gasteiger partial charge is 0.378 e. The quantitative estimate of drug-likeness (QED) is 0.874. The van der Waals surface area contributed by atoms with E-state index in [9.17, 15) is 0 Å². The standard InChI is InChI=1S/C13H16N4OS2/c14-13-15-3-1-10(16-13)9-20-11-2-8-19-12(11)17-4-6-18-7-5-17/h1-3,8H,4-7,9H2,(H2,14,15,16). The molecule has 0 atom stereocenters. The summed E-state index contributed by atoms with van der Waals surface area (Å²) in [7, 11) is 0. The summed E-state index contributed by atoms with van der Waals surface area (Å²) in [6, 6.07) is 4.08. The van der Waals surface area contributed by atoms with Gasteiger partial charge in [0.1, 0.15) is 5.00 Å². The second-order valence-electron chi connectivity index (χ2n) is 4.38. The minimum atomic E-state index is 0.335. The summed E-state index contributed by atoms with van der Waals surface area (Å²) in [5.41, 5.74) is 6.56. The summed E-state index contributed by atoms with van der Waals surface area (Å²) in [6.45, 7) is 3.55. The van der Waals surface area contributed by atoms with E-state index in [4.69, 9.17) is 10.5 Å². The van der Waals surface area contributed by atoms with Crippen molar-refractivity contribution in [2.75, 3.05) is 36.9 Å². The lowest BCUT2D eigenvalue weighted by atomic mass is 10.4. The van der Waals surface area contributed by atoms with E-state index in [2.05, 4.69) is 26.3 Å². The van der Waals surface area contributed by atoms with Crippen LogP contribution in [0.2, 0.25) is 0 Å². The lowest BCUT2D eigenvalue weighted by molar-refractivity contribution is 0.123. The molecule has 3 heterocycles. The fraction of sp³-hybridized carbons (Fsp3) is 0.385. The number of nitrogen functional groups attached to an aromatic ring is 1. The van der Waals surface area contributed by atoms with Crippen LogP contribution in [0.4, 0.5) is 10.9 Å². The Morgan fingerprint density at radius 3 is 3.00 bits per heavy atom. The molecule has 0 unspecified atom stereocenters. The molecule has 1 aliphatic heterocycles. The maximum atomic E-state index is 5.60. The minimum absolute atomic E-state index is 0.335. The number of rotatable bonds is 4. The van der Waals surface area contributed by atoms with Crippen molar-refractivity contribution in [1.82, 2.24) is 9.97 Å². The Morgan fingerprint density at radius 2 is 2.20 bits per heavy atom. The molecule has 3 rings (SSSR count). The van der Waals surface area contributed by atoms with Gasteiger partial charge in [0.15, 0.2) is 0 Å². The zero-order valence-electron chi connectivity index (χ0n) is 11.0. The van der Waals surface area contributed by atoms with Gasteiger partial charge < -0.3 is 15.4 Å². The molecule has 0 amide bonds. The number of hydrogen-bond acceptors (Lipinski definition) is 7. The summed E-state index contributed by atoms with van der Waals surface area (Å²) in [6.07, 6.45) is 1.70. The molecule has 5 nitrogen and oxygen atoms in total. The average Bonchev–Trinajstić information content (AvgIpc) is 2.95. The highest BCUT2D eigenvalue weighted by molar-refractivity contribution is 7.98. The normalized spacial score (nSPS) is 15.5. The van der Waals surface area contributed by atoms with Crippen LogP contribution in [0.25, 0.3) is 0 Å². The SMILES string of the molecule is Nc1nccc(CSc2ccsc2N2CCOCC2)n1. The fourth-order valence-corrected chi connectivity index (χ4v) is 4.18. The Morgan fingerprint density at radius 1 is 1.35 bits per heavy atom. The predicted molar refractivity (Wildman–Crippen MR) is 83.4 cm³/mol. The molecule has 1 fully saturated rings. The van der Waals surface area contributed by atoms with Crippen molar-refractivity contribution in [3.05, 3.63) is 29.4 Å². The van der Waals surface area contributed by atoms with E-state index in [1.165, 1.54) is 9.90 Å². The topological polar surface area (TPSA) is 64.3 Å². The first-order chi connectivity index (χ1) is 9.83. The molecule has 20 heavy (non-hydrogen) atoms. The number of hydrogen-bond donors (Lipinski definition) is 1. The van der Waals surface area contributed by atoms with Crippen LogP contribution in [-0.2, 0) is 10.5 Å². The second kappa shape index (κ2) is 6.43. The number of anilines is 2. The first-order valence-corrected chi connectivity index (χ1v) is 8.30. The Balaban J connectivity index is 1.67. The Hall–Kier alpha value is -1.31. The molecule has 0 spiro atoms. The van der Waals surface area contributed by atoms with Crippen LogP contribution in [0.1, 0.15) is 5.69 Å². The van der Waals surface area contributed by atoms with Gasteiger partial charge in [-0.05, 0) is 17.5 Å². The van der Waals surface area contributed by atoms with Gasteiger partial charge >= 0.3 is 0 Å². The molecule has 1 saturated heterocycles. The molecule has 7 heteroatoms. The number of morpholine rings is 1. The van der Waals surface area contributed by atoms with Crippen LogP contribution in [0.15, 0.2) is 28.6 Å². The van der Waals surface area contributed by atoms with Crippen LogP contribution >= 0.6 is 23.1 Å². The third kappa shape index (κ3) is 3.23. The van der Waals surface area contributed by atoms with E-state index in [0.717, 1.165) is 37.8 Å². The van der Waals surface area contributed by atoms with Crippen molar-refractivity contribution in [3.63, 3.8) is 0 Å². The molecule has 0 saturated carbocycles. The molecule has 1 aliphatic rings. The van der Waals surface area contributed by atoms with E-state index < -0.39 is 0 Å². The highest BCUT2D eigenvalue weighted by Gasteiger charge is 2.16. The summed E-state index contributed by atoms with van der Waals surface area (Å²) in [5, 5.41) is 3.47. The molecular weight excluding hydrogens is 292 g/mol. The maximum Gasteiger partial charge on any atom is 0.220 e. The molecule has 106 valence electrons. The van der Waals surface area contributed by atoms with Crippen molar-refractivity contribution in [1.29, 1.82) is 0 Å². The Bertz CT molecular complexity index is 569. The summed E-state index contributed by atoms with van der Waals surface area (Å²) in [5.74, 6) is 1.14. The molecule has 0 radical (unpaired) electrons. The predicted octanol–water partition coefficient (Wildman–Crippen LogP) is 2.25. The zero-order chi connectivity index (χ0) is 13.8. The van der Waals surface area contributed by atoms with E-state index in [1.54, 1.807) is 29.3 Å². The monoisotopic (exact) mass is 308 g/mol. The molecular formula is C13H16N4OS2. The third-order valence-electron chi connectivity index (χ3n) is 3.02. The third-order valence-corrected chi connectivity index (χ3v) is 5.20. The van der Waals surface area contributed by atoms with Gasteiger partial charge in [-0.15, -0.1) is 23.1 Å². The molecule has 2 aromatic rings. The van der Waals surface area contributed by atoms with E-state index in [0.29, 0.717) is 5.95 Å². The van der Waals surface area contributed by atoms with Crippen LogP contribution in [0.3, 0.4) is 0 Å². The molecule has 0 aliphatic carbocycles. The van der Waals surface area contributed by atoms with Gasteiger partial charge in [0.05, 0.1) is 18.9 Å². The average molecular weight is 308 g/mol. The summed E-state index contributed by atoms with van der Waals surface area (Å²) in [4.78, 5) is 11.8. The number of thioether (sulfide) groups is 1. The van der Waals surface area contributed by atoms with Crippen LogP contribution in [0.5, 0.6) is 0 Å². The molecule has 2 N–H and O–H groups in total. The lowest BCUT2D eigenvalue weighted by Crippen LogP contribution is -2.35. The number of ether oxygens (including phenoxy) is 1. The van der Waals surface area contributed by atoms with Gasteiger partial charge in [-0.2, -0.15) is 0 Å². The number of aromatic nitrogens is 2. The van der Waals surface area contributed by atoms with Crippen molar-refractivity contribution >= 4 is 34.0 Å². The molecule has 0 aromatic carbocycles.